The standard InChI is InChI=1S/C15H19N5O2/c1-9(2)20(4)15(22)14(21)17-12-7-5-11(6-8-12)13-16-10(3)18-19-13/h5-9H,1-4H3,(H,17,21)(H,16,18,19). The summed E-state index contributed by atoms with van der Waals surface area (Å²) in [6.45, 7) is 5.51. The number of anilines is 1. The van der Waals surface area contributed by atoms with Crippen molar-refractivity contribution in [1.82, 2.24) is 20.1 Å². The summed E-state index contributed by atoms with van der Waals surface area (Å²) in [6.07, 6.45) is 0. The molecular weight excluding hydrogens is 282 g/mol. The number of nitrogens with zero attached hydrogens (tertiary/aromatic N) is 3. The minimum absolute atomic E-state index is 0.0328. The van der Waals surface area contributed by atoms with E-state index in [-0.39, 0.29) is 6.04 Å². The monoisotopic (exact) mass is 301 g/mol. The van der Waals surface area contributed by atoms with Crippen molar-refractivity contribution in [3.8, 4) is 11.4 Å². The van der Waals surface area contributed by atoms with Gasteiger partial charge < -0.3 is 10.2 Å². The van der Waals surface area contributed by atoms with E-state index in [1.807, 2.05) is 20.8 Å². The number of aromatic amines is 1. The van der Waals surface area contributed by atoms with E-state index in [9.17, 15) is 9.59 Å². The van der Waals surface area contributed by atoms with Gasteiger partial charge in [-0.2, -0.15) is 5.10 Å². The van der Waals surface area contributed by atoms with Crippen LogP contribution >= 0.6 is 0 Å². The molecule has 0 aliphatic rings. The van der Waals surface area contributed by atoms with Crippen LogP contribution in [0.4, 0.5) is 5.69 Å². The highest BCUT2D eigenvalue weighted by molar-refractivity contribution is 6.39. The van der Waals surface area contributed by atoms with E-state index in [0.717, 1.165) is 11.4 Å². The summed E-state index contributed by atoms with van der Waals surface area (Å²) in [5, 5.41) is 9.42. The minimum atomic E-state index is -0.655. The van der Waals surface area contributed by atoms with Gasteiger partial charge in [0.15, 0.2) is 5.82 Å². The van der Waals surface area contributed by atoms with Gasteiger partial charge in [-0.25, -0.2) is 4.98 Å². The number of carbonyl (C=O) groups is 2. The van der Waals surface area contributed by atoms with Crippen LogP contribution in [0.15, 0.2) is 24.3 Å². The molecule has 2 aromatic rings. The summed E-state index contributed by atoms with van der Waals surface area (Å²) < 4.78 is 0. The number of benzene rings is 1. The van der Waals surface area contributed by atoms with Crippen LogP contribution < -0.4 is 5.32 Å². The second kappa shape index (κ2) is 6.38. The van der Waals surface area contributed by atoms with Crippen LogP contribution in [0.2, 0.25) is 0 Å². The van der Waals surface area contributed by atoms with Crippen LogP contribution in [-0.2, 0) is 9.59 Å². The van der Waals surface area contributed by atoms with E-state index in [0.29, 0.717) is 11.5 Å². The molecule has 1 heterocycles. The Labute approximate surface area is 128 Å². The summed E-state index contributed by atoms with van der Waals surface area (Å²) in [4.78, 5) is 29.4. The predicted molar refractivity (Wildman–Crippen MR) is 83.1 cm³/mol. The van der Waals surface area contributed by atoms with Crippen molar-refractivity contribution in [2.75, 3.05) is 12.4 Å². The van der Waals surface area contributed by atoms with E-state index in [1.165, 1.54) is 4.90 Å². The predicted octanol–water partition coefficient (Wildman–Crippen LogP) is 1.59. The van der Waals surface area contributed by atoms with Crippen LogP contribution in [-0.4, -0.2) is 45.0 Å². The lowest BCUT2D eigenvalue weighted by atomic mass is 10.2. The summed E-state index contributed by atoms with van der Waals surface area (Å²) in [6, 6.07) is 6.96. The molecular formula is C15H19N5O2. The van der Waals surface area contributed by atoms with Gasteiger partial charge in [0.1, 0.15) is 5.82 Å². The molecule has 0 saturated carbocycles. The number of aromatic nitrogens is 3. The topological polar surface area (TPSA) is 91.0 Å². The van der Waals surface area contributed by atoms with Gasteiger partial charge in [-0.3, -0.25) is 14.7 Å². The molecule has 0 unspecified atom stereocenters. The Hall–Kier alpha value is -2.70. The minimum Gasteiger partial charge on any atom is -0.335 e. The van der Waals surface area contributed by atoms with E-state index >= 15 is 0 Å². The first-order chi connectivity index (χ1) is 10.4. The van der Waals surface area contributed by atoms with Crippen molar-refractivity contribution in [1.29, 1.82) is 0 Å². The van der Waals surface area contributed by atoms with Crippen molar-refractivity contribution in [2.24, 2.45) is 0 Å². The molecule has 0 bridgehead atoms. The Kier molecular flexibility index (Phi) is 4.55. The van der Waals surface area contributed by atoms with Crippen molar-refractivity contribution in [3.63, 3.8) is 0 Å². The molecule has 2 rings (SSSR count). The number of hydrogen-bond acceptors (Lipinski definition) is 4. The van der Waals surface area contributed by atoms with Crippen LogP contribution in [0.3, 0.4) is 0 Å². The number of aryl methyl sites for hydroxylation is 1. The zero-order chi connectivity index (χ0) is 16.3. The summed E-state index contributed by atoms with van der Waals surface area (Å²) in [7, 11) is 1.60. The Morgan fingerprint density at radius 2 is 1.86 bits per heavy atom. The molecule has 0 fully saturated rings. The van der Waals surface area contributed by atoms with Crippen molar-refractivity contribution >= 4 is 17.5 Å². The average molecular weight is 301 g/mol. The van der Waals surface area contributed by atoms with Gasteiger partial charge in [0.25, 0.3) is 0 Å². The van der Waals surface area contributed by atoms with Crippen molar-refractivity contribution in [3.05, 3.63) is 30.1 Å². The zero-order valence-corrected chi connectivity index (χ0v) is 13.0. The quantitative estimate of drug-likeness (QED) is 0.842. The number of H-pyrrole nitrogens is 1. The molecule has 2 amide bonds. The Balaban J connectivity index is 2.05. The van der Waals surface area contributed by atoms with Gasteiger partial charge in [0.2, 0.25) is 0 Å². The summed E-state index contributed by atoms with van der Waals surface area (Å²) in [5.41, 5.74) is 1.37. The van der Waals surface area contributed by atoms with Gasteiger partial charge >= 0.3 is 11.8 Å². The first-order valence-electron chi connectivity index (χ1n) is 6.96. The second-order valence-electron chi connectivity index (χ2n) is 5.29. The number of carbonyl (C=O) groups excluding carboxylic acids is 2. The van der Waals surface area contributed by atoms with E-state index in [4.69, 9.17) is 0 Å². The van der Waals surface area contributed by atoms with Crippen LogP contribution in [0.1, 0.15) is 19.7 Å². The van der Waals surface area contributed by atoms with Crippen molar-refractivity contribution in [2.45, 2.75) is 26.8 Å². The number of rotatable bonds is 3. The van der Waals surface area contributed by atoms with E-state index in [1.54, 1.807) is 31.3 Å². The van der Waals surface area contributed by atoms with Crippen LogP contribution in [0.25, 0.3) is 11.4 Å². The van der Waals surface area contributed by atoms with Gasteiger partial charge in [-0.1, -0.05) is 0 Å². The lowest BCUT2D eigenvalue weighted by molar-refractivity contribution is -0.143. The molecule has 0 spiro atoms. The molecule has 2 N–H and O–H groups in total. The third kappa shape index (κ3) is 3.49. The Bertz CT molecular complexity index is 675. The van der Waals surface area contributed by atoms with Crippen molar-refractivity contribution < 1.29 is 9.59 Å². The summed E-state index contributed by atoms with van der Waals surface area (Å²) >= 11 is 0. The van der Waals surface area contributed by atoms with Crippen LogP contribution in [0, 0.1) is 6.92 Å². The highest BCUT2D eigenvalue weighted by Crippen LogP contribution is 2.17. The summed E-state index contributed by atoms with van der Waals surface area (Å²) in [5.74, 6) is 0.0991. The molecule has 0 saturated heterocycles. The molecule has 7 heteroatoms. The van der Waals surface area contributed by atoms with Gasteiger partial charge in [-0.05, 0) is 45.0 Å². The highest BCUT2D eigenvalue weighted by Gasteiger charge is 2.20. The lowest BCUT2D eigenvalue weighted by Crippen LogP contribution is -2.40. The Morgan fingerprint density at radius 1 is 1.23 bits per heavy atom. The maximum atomic E-state index is 11.9. The average Bonchev–Trinajstić information content (AvgIpc) is 2.92. The molecule has 116 valence electrons. The molecule has 1 aromatic carbocycles. The number of likely N-dealkylation sites (N-methyl/N-ethyl adjacent to an activating group) is 1. The third-order valence-electron chi connectivity index (χ3n) is 3.29. The first kappa shape index (κ1) is 15.7. The van der Waals surface area contributed by atoms with Gasteiger partial charge in [-0.15, -0.1) is 0 Å². The maximum Gasteiger partial charge on any atom is 0.313 e. The lowest BCUT2D eigenvalue weighted by Gasteiger charge is -2.20. The third-order valence-corrected chi connectivity index (χ3v) is 3.29. The highest BCUT2D eigenvalue weighted by atomic mass is 16.2. The fraction of sp³-hybridized carbons (Fsp3) is 0.333. The molecule has 7 nitrogen and oxygen atoms in total. The number of amides is 2. The fourth-order valence-corrected chi connectivity index (χ4v) is 1.75. The molecule has 0 aliphatic heterocycles. The van der Waals surface area contributed by atoms with E-state index < -0.39 is 11.8 Å². The zero-order valence-electron chi connectivity index (χ0n) is 13.0. The smallest absolute Gasteiger partial charge is 0.313 e. The molecule has 0 atom stereocenters. The molecule has 0 radical (unpaired) electrons. The Morgan fingerprint density at radius 3 is 2.36 bits per heavy atom. The normalized spacial score (nSPS) is 10.6. The molecule has 1 aromatic heterocycles. The SMILES string of the molecule is Cc1nc(-c2ccc(NC(=O)C(=O)N(C)C(C)C)cc2)n[nH]1. The second-order valence-corrected chi connectivity index (χ2v) is 5.29. The fourth-order valence-electron chi connectivity index (χ4n) is 1.75. The molecule has 0 aliphatic carbocycles. The maximum absolute atomic E-state index is 11.9. The molecule has 22 heavy (non-hydrogen) atoms. The van der Waals surface area contributed by atoms with Gasteiger partial charge in [0.05, 0.1) is 0 Å². The first-order valence-corrected chi connectivity index (χ1v) is 6.96. The number of nitrogens with one attached hydrogen (secondary N) is 2. The van der Waals surface area contributed by atoms with E-state index in [2.05, 4.69) is 20.5 Å². The number of hydrogen-bond donors (Lipinski definition) is 2. The largest absolute Gasteiger partial charge is 0.335 e. The van der Waals surface area contributed by atoms with Crippen LogP contribution in [0.5, 0.6) is 0 Å². The van der Waals surface area contributed by atoms with Gasteiger partial charge in [0, 0.05) is 24.3 Å².